The summed E-state index contributed by atoms with van der Waals surface area (Å²) in [4.78, 5) is 30.2. The zero-order valence-electron chi connectivity index (χ0n) is 20.3. The lowest BCUT2D eigenvalue weighted by Gasteiger charge is -2.22. The number of benzene rings is 2. The summed E-state index contributed by atoms with van der Waals surface area (Å²) < 4.78 is 16.2. The molecule has 0 saturated heterocycles. The van der Waals surface area contributed by atoms with Crippen LogP contribution in [0.2, 0.25) is 0 Å². The third-order valence-corrected chi connectivity index (χ3v) is 6.02. The monoisotopic (exact) mass is 485 g/mol. The van der Waals surface area contributed by atoms with E-state index in [0.717, 1.165) is 35.2 Å². The summed E-state index contributed by atoms with van der Waals surface area (Å²) in [6.45, 7) is -0.200. The van der Waals surface area contributed by atoms with Gasteiger partial charge in [0.05, 0.1) is 43.5 Å². The number of esters is 1. The van der Waals surface area contributed by atoms with Gasteiger partial charge in [0.25, 0.3) is 5.91 Å². The number of hydrogen-bond donors (Lipinski definition) is 1. The molecule has 0 fully saturated rings. The number of amides is 1. The highest BCUT2D eigenvalue weighted by molar-refractivity contribution is 6.07. The molecule has 1 heterocycles. The fourth-order valence-electron chi connectivity index (χ4n) is 4.36. The largest absolute Gasteiger partial charge is 0.493 e. The van der Waals surface area contributed by atoms with Gasteiger partial charge < -0.3 is 19.5 Å². The highest BCUT2D eigenvalue weighted by Crippen LogP contribution is 2.37. The van der Waals surface area contributed by atoms with Crippen LogP contribution in [0.5, 0.6) is 11.5 Å². The Kier molecular flexibility index (Phi) is 7.81. The molecule has 1 aromatic heterocycles. The lowest BCUT2D eigenvalue weighted by Crippen LogP contribution is -2.29. The maximum absolute atomic E-state index is 13.3. The van der Waals surface area contributed by atoms with Crippen molar-refractivity contribution in [2.45, 2.75) is 25.7 Å². The summed E-state index contributed by atoms with van der Waals surface area (Å²) in [7, 11) is 3.19. The molecule has 1 N–H and O–H groups in total. The normalized spacial score (nSPS) is 13.5. The van der Waals surface area contributed by atoms with Crippen molar-refractivity contribution in [3.8, 4) is 17.6 Å². The quantitative estimate of drug-likeness (QED) is 0.374. The van der Waals surface area contributed by atoms with E-state index in [4.69, 9.17) is 24.5 Å². The molecule has 1 aliphatic carbocycles. The van der Waals surface area contributed by atoms with Crippen molar-refractivity contribution in [3.63, 3.8) is 0 Å². The molecule has 1 amide bonds. The highest BCUT2D eigenvalue weighted by atomic mass is 16.5. The Bertz CT molecular complexity index is 1370. The Morgan fingerprint density at radius 3 is 2.69 bits per heavy atom. The second-order valence-electron chi connectivity index (χ2n) is 8.30. The molecule has 0 radical (unpaired) electrons. The van der Waals surface area contributed by atoms with E-state index >= 15 is 0 Å². The van der Waals surface area contributed by atoms with Crippen molar-refractivity contribution in [1.29, 1.82) is 5.26 Å². The standard InChI is InChI=1S/C28H27N3O5/c1-34-23-12-11-18(16-24(23)35-2)15-19-7-5-9-21-26(20-8-3-4-10-22(20)31-27(19)21)28(33)36-17-25(32)30-14-6-13-29/h3-4,8,10-12,15-16H,5-7,9,14,17H2,1-2H3,(H,30,32)/b19-15+. The number of carbonyl (C=O) groups excluding carboxylic acids is 2. The van der Waals surface area contributed by atoms with Gasteiger partial charge in [0, 0.05) is 11.9 Å². The van der Waals surface area contributed by atoms with Crippen molar-refractivity contribution >= 4 is 34.4 Å². The van der Waals surface area contributed by atoms with Crippen molar-refractivity contribution < 1.29 is 23.8 Å². The van der Waals surface area contributed by atoms with E-state index in [0.29, 0.717) is 34.4 Å². The summed E-state index contributed by atoms with van der Waals surface area (Å²) >= 11 is 0. The van der Waals surface area contributed by atoms with E-state index < -0.39 is 18.5 Å². The molecule has 8 heteroatoms. The molecule has 0 aliphatic heterocycles. The van der Waals surface area contributed by atoms with Crippen molar-refractivity contribution in [2.75, 3.05) is 27.4 Å². The smallest absolute Gasteiger partial charge is 0.339 e. The van der Waals surface area contributed by atoms with Gasteiger partial charge in [-0.15, -0.1) is 0 Å². The molecule has 0 bridgehead atoms. The van der Waals surface area contributed by atoms with E-state index in [1.165, 1.54) is 0 Å². The molecule has 0 unspecified atom stereocenters. The van der Waals surface area contributed by atoms with Gasteiger partial charge in [-0.25, -0.2) is 9.78 Å². The first-order valence-corrected chi connectivity index (χ1v) is 11.7. The summed E-state index contributed by atoms with van der Waals surface area (Å²) in [5, 5.41) is 11.9. The first-order valence-electron chi connectivity index (χ1n) is 11.7. The molecule has 0 saturated carbocycles. The van der Waals surface area contributed by atoms with Crippen LogP contribution < -0.4 is 14.8 Å². The van der Waals surface area contributed by atoms with Gasteiger partial charge in [-0.05, 0) is 60.2 Å². The zero-order valence-corrected chi connectivity index (χ0v) is 20.3. The number of methoxy groups -OCH3 is 2. The second-order valence-corrected chi connectivity index (χ2v) is 8.30. The van der Waals surface area contributed by atoms with Gasteiger partial charge in [-0.1, -0.05) is 24.3 Å². The van der Waals surface area contributed by atoms with Crippen LogP contribution in [-0.2, 0) is 16.0 Å². The Hall–Kier alpha value is -4.38. The van der Waals surface area contributed by atoms with Crippen LogP contribution in [0.25, 0.3) is 22.6 Å². The minimum absolute atomic E-state index is 0.192. The minimum atomic E-state index is -0.562. The van der Waals surface area contributed by atoms with Gasteiger partial charge in [-0.2, -0.15) is 5.26 Å². The highest BCUT2D eigenvalue weighted by Gasteiger charge is 2.26. The molecule has 184 valence electrons. The number of allylic oxidation sites excluding steroid dienone is 1. The minimum Gasteiger partial charge on any atom is -0.493 e. The molecule has 4 rings (SSSR count). The van der Waals surface area contributed by atoms with E-state index in [1.807, 2.05) is 48.5 Å². The van der Waals surface area contributed by atoms with Crippen LogP contribution in [0.3, 0.4) is 0 Å². The summed E-state index contributed by atoms with van der Waals surface area (Å²) in [5.41, 5.74) is 4.66. The molecule has 36 heavy (non-hydrogen) atoms. The number of para-hydroxylation sites is 1. The van der Waals surface area contributed by atoms with Gasteiger partial charge in [0.1, 0.15) is 0 Å². The number of fused-ring (bicyclic) bond motifs is 2. The summed E-state index contributed by atoms with van der Waals surface area (Å²) in [6.07, 6.45) is 4.58. The van der Waals surface area contributed by atoms with Crippen LogP contribution in [0.1, 0.15) is 46.4 Å². The average molecular weight is 486 g/mol. The van der Waals surface area contributed by atoms with Crippen molar-refractivity contribution in [3.05, 3.63) is 64.8 Å². The number of nitrogens with zero attached hydrogens (tertiary/aromatic N) is 2. The van der Waals surface area contributed by atoms with Crippen LogP contribution >= 0.6 is 0 Å². The number of rotatable bonds is 8. The number of aromatic nitrogens is 1. The number of pyridine rings is 1. The van der Waals surface area contributed by atoms with Crippen LogP contribution in [-0.4, -0.2) is 44.2 Å². The predicted molar refractivity (Wildman–Crippen MR) is 136 cm³/mol. The molecule has 0 atom stereocenters. The lowest BCUT2D eigenvalue weighted by molar-refractivity contribution is -0.124. The van der Waals surface area contributed by atoms with Crippen molar-refractivity contribution in [2.24, 2.45) is 0 Å². The van der Waals surface area contributed by atoms with E-state index in [1.54, 1.807) is 14.2 Å². The van der Waals surface area contributed by atoms with Crippen LogP contribution in [0.4, 0.5) is 0 Å². The SMILES string of the molecule is COc1ccc(/C=C2\CCCc3c2nc2ccccc2c3C(=O)OCC(=O)NCCC#N)cc1OC. The van der Waals surface area contributed by atoms with E-state index in [2.05, 4.69) is 11.4 Å². The topological polar surface area (TPSA) is 111 Å². The summed E-state index contributed by atoms with van der Waals surface area (Å²) in [6, 6.07) is 15.1. The molecule has 0 spiro atoms. The van der Waals surface area contributed by atoms with Gasteiger partial charge in [0.2, 0.25) is 0 Å². The number of carbonyl (C=O) groups is 2. The number of nitrogens with one attached hydrogen (secondary N) is 1. The van der Waals surface area contributed by atoms with Gasteiger partial charge in [0.15, 0.2) is 18.1 Å². The Morgan fingerprint density at radius 1 is 1.11 bits per heavy atom. The van der Waals surface area contributed by atoms with Crippen LogP contribution in [0.15, 0.2) is 42.5 Å². The maximum Gasteiger partial charge on any atom is 0.339 e. The lowest BCUT2D eigenvalue weighted by atomic mass is 9.86. The van der Waals surface area contributed by atoms with E-state index in [-0.39, 0.29) is 13.0 Å². The maximum atomic E-state index is 13.3. The van der Waals surface area contributed by atoms with Gasteiger partial charge in [-0.3, -0.25) is 4.79 Å². The summed E-state index contributed by atoms with van der Waals surface area (Å²) in [5.74, 6) is 0.272. The first kappa shape index (κ1) is 24.7. The fourth-order valence-corrected chi connectivity index (χ4v) is 4.36. The molecular weight excluding hydrogens is 458 g/mol. The van der Waals surface area contributed by atoms with Gasteiger partial charge >= 0.3 is 5.97 Å². The zero-order chi connectivity index (χ0) is 25.5. The Balaban J connectivity index is 1.71. The van der Waals surface area contributed by atoms with Crippen molar-refractivity contribution in [1.82, 2.24) is 10.3 Å². The number of ether oxygens (including phenoxy) is 3. The van der Waals surface area contributed by atoms with Crippen LogP contribution in [0, 0.1) is 11.3 Å². The third kappa shape index (κ3) is 5.31. The molecule has 8 nitrogen and oxygen atoms in total. The average Bonchev–Trinajstić information content (AvgIpc) is 2.90. The van der Waals surface area contributed by atoms with E-state index in [9.17, 15) is 9.59 Å². The second kappa shape index (κ2) is 11.4. The Morgan fingerprint density at radius 2 is 1.92 bits per heavy atom. The molecule has 3 aromatic rings. The predicted octanol–water partition coefficient (Wildman–Crippen LogP) is 4.32. The first-order chi connectivity index (χ1) is 17.5. The number of hydrogen-bond acceptors (Lipinski definition) is 7. The third-order valence-electron chi connectivity index (χ3n) is 6.02. The molecule has 2 aromatic carbocycles. The Labute approximate surface area is 209 Å². The molecular formula is C28H27N3O5. The molecule has 1 aliphatic rings. The fraction of sp³-hybridized carbons (Fsp3) is 0.286. The number of nitriles is 1.